The summed E-state index contributed by atoms with van der Waals surface area (Å²) in [6.07, 6.45) is 0.693. The van der Waals surface area contributed by atoms with E-state index in [9.17, 15) is 4.79 Å². The standard InChI is InChI=1S/C26H23Cl2N3O2/c27-21-15-23-24(16-22(21)28)31(25(29-23)14-18-4-2-1-3-5-18)17-19-6-8-20(9-7-19)26(32)30-10-12-33-13-11-30/h1-9,15-16H,10-14,17H2. The summed E-state index contributed by atoms with van der Waals surface area (Å²) in [6.45, 7) is 3.06. The van der Waals surface area contributed by atoms with Crippen molar-refractivity contribution in [3.05, 3.63) is 99.3 Å². The third-order valence-electron chi connectivity index (χ3n) is 5.91. The van der Waals surface area contributed by atoms with Crippen molar-refractivity contribution in [3.63, 3.8) is 0 Å². The van der Waals surface area contributed by atoms with Crippen LogP contribution in [0.4, 0.5) is 0 Å². The van der Waals surface area contributed by atoms with Crippen molar-refractivity contribution in [3.8, 4) is 0 Å². The summed E-state index contributed by atoms with van der Waals surface area (Å²) >= 11 is 12.6. The number of benzene rings is 3. The van der Waals surface area contributed by atoms with Crippen molar-refractivity contribution >= 4 is 40.1 Å². The molecule has 0 N–H and O–H groups in total. The van der Waals surface area contributed by atoms with E-state index >= 15 is 0 Å². The molecule has 0 bridgehead atoms. The molecule has 2 heterocycles. The lowest BCUT2D eigenvalue weighted by atomic mass is 10.1. The summed E-state index contributed by atoms with van der Waals surface area (Å²) in [6, 6.07) is 21.7. The maximum atomic E-state index is 12.8. The van der Waals surface area contributed by atoms with Crippen LogP contribution in [0.1, 0.15) is 27.3 Å². The van der Waals surface area contributed by atoms with Gasteiger partial charge in [-0.05, 0) is 35.4 Å². The molecule has 7 heteroatoms. The third-order valence-corrected chi connectivity index (χ3v) is 6.64. The Labute approximate surface area is 202 Å². The average molecular weight is 480 g/mol. The van der Waals surface area contributed by atoms with Crippen LogP contribution in [0, 0.1) is 0 Å². The molecule has 5 rings (SSSR count). The minimum atomic E-state index is 0.0455. The smallest absolute Gasteiger partial charge is 0.254 e. The molecular weight excluding hydrogens is 457 g/mol. The van der Waals surface area contributed by atoms with Gasteiger partial charge in [0.2, 0.25) is 0 Å². The topological polar surface area (TPSA) is 47.4 Å². The first-order valence-corrected chi connectivity index (χ1v) is 11.7. The van der Waals surface area contributed by atoms with Crippen LogP contribution in [-0.2, 0) is 17.7 Å². The molecule has 168 valence electrons. The van der Waals surface area contributed by atoms with Crippen molar-refractivity contribution in [1.82, 2.24) is 14.5 Å². The molecule has 1 aliphatic heterocycles. The molecule has 0 atom stereocenters. The number of imidazole rings is 1. The lowest BCUT2D eigenvalue weighted by Gasteiger charge is -2.26. The Morgan fingerprint density at radius 3 is 2.33 bits per heavy atom. The number of amides is 1. The van der Waals surface area contributed by atoms with Crippen LogP contribution in [0.15, 0.2) is 66.7 Å². The Hall–Kier alpha value is -2.86. The number of carbonyl (C=O) groups excluding carboxylic acids is 1. The molecule has 33 heavy (non-hydrogen) atoms. The van der Waals surface area contributed by atoms with Gasteiger partial charge in [-0.25, -0.2) is 4.98 Å². The van der Waals surface area contributed by atoms with Gasteiger partial charge in [0.1, 0.15) is 5.82 Å². The molecule has 5 nitrogen and oxygen atoms in total. The second kappa shape index (κ2) is 9.56. The highest BCUT2D eigenvalue weighted by Gasteiger charge is 2.19. The Morgan fingerprint density at radius 2 is 1.61 bits per heavy atom. The van der Waals surface area contributed by atoms with Gasteiger partial charge < -0.3 is 14.2 Å². The van der Waals surface area contributed by atoms with Crippen LogP contribution in [0.25, 0.3) is 11.0 Å². The molecule has 0 saturated carbocycles. The van der Waals surface area contributed by atoms with Gasteiger partial charge in [-0.1, -0.05) is 65.7 Å². The van der Waals surface area contributed by atoms with Crippen LogP contribution < -0.4 is 0 Å². The van der Waals surface area contributed by atoms with Crippen LogP contribution in [0.3, 0.4) is 0 Å². The van der Waals surface area contributed by atoms with E-state index < -0.39 is 0 Å². The van der Waals surface area contributed by atoms with Crippen molar-refractivity contribution in [2.45, 2.75) is 13.0 Å². The Morgan fingerprint density at radius 1 is 0.909 bits per heavy atom. The molecule has 1 amide bonds. The predicted molar refractivity (Wildman–Crippen MR) is 131 cm³/mol. The second-order valence-electron chi connectivity index (χ2n) is 8.13. The first kappa shape index (κ1) is 22.0. The number of nitrogens with zero attached hydrogens (tertiary/aromatic N) is 3. The summed E-state index contributed by atoms with van der Waals surface area (Å²) in [5.74, 6) is 0.979. The van der Waals surface area contributed by atoms with Crippen LogP contribution in [0.5, 0.6) is 0 Å². The summed E-state index contributed by atoms with van der Waals surface area (Å²) in [4.78, 5) is 19.5. The van der Waals surface area contributed by atoms with Gasteiger partial charge in [0, 0.05) is 31.6 Å². The van der Waals surface area contributed by atoms with E-state index in [2.05, 4.69) is 16.7 Å². The molecule has 1 aromatic heterocycles. The zero-order valence-electron chi connectivity index (χ0n) is 18.0. The number of halogens is 2. The van der Waals surface area contributed by atoms with Crippen molar-refractivity contribution in [2.75, 3.05) is 26.3 Å². The van der Waals surface area contributed by atoms with Crippen LogP contribution in [0.2, 0.25) is 10.0 Å². The molecule has 1 fully saturated rings. The maximum Gasteiger partial charge on any atom is 0.254 e. The number of rotatable bonds is 5. The SMILES string of the molecule is O=C(c1ccc(Cn2c(Cc3ccccc3)nc3cc(Cl)c(Cl)cc32)cc1)N1CCOCC1. The number of ether oxygens (including phenoxy) is 1. The Kier molecular flexibility index (Phi) is 6.36. The van der Waals surface area contributed by atoms with Gasteiger partial charge in [0.15, 0.2) is 0 Å². The first-order chi connectivity index (χ1) is 16.1. The summed E-state index contributed by atoms with van der Waals surface area (Å²) in [5, 5.41) is 0.995. The zero-order chi connectivity index (χ0) is 22.8. The molecule has 3 aromatic carbocycles. The normalized spacial score (nSPS) is 14.1. The predicted octanol–water partition coefficient (Wildman–Crippen LogP) is 5.45. The van der Waals surface area contributed by atoms with E-state index in [1.807, 2.05) is 59.5 Å². The summed E-state index contributed by atoms with van der Waals surface area (Å²) < 4.78 is 7.52. The maximum absolute atomic E-state index is 12.8. The van der Waals surface area contributed by atoms with Crippen LogP contribution >= 0.6 is 23.2 Å². The molecule has 0 radical (unpaired) electrons. The summed E-state index contributed by atoms with van der Waals surface area (Å²) in [5.41, 5.74) is 4.69. The van der Waals surface area contributed by atoms with E-state index in [4.69, 9.17) is 32.9 Å². The number of carbonyl (C=O) groups is 1. The fraction of sp³-hybridized carbons (Fsp3) is 0.231. The molecule has 0 spiro atoms. The summed E-state index contributed by atoms with van der Waals surface area (Å²) in [7, 11) is 0. The highest BCUT2D eigenvalue weighted by Crippen LogP contribution is 2.29. The van der Waals surface area contributed by atoms with Gasteiger partial charge in [-0.3, -0.25) is 4.79 Å². The molecule has 0 aliphatic carbocycles. The third kappa shape index (κ3) is 4.76. The molecule has 4 aromatic rings. The number of morpholine rings is 1. The average Bonchev–Trinajstić information content (AvgIpc) is 3.16. The van der Waals surface area contributed by atoms with Crippen LogP contribution in [-0.4, -0.2) is 46.7 Å². The van der Waals surface area contributed by atoms with Gasteiger partial charge in [0.25, 0.3) is 5.91 Å². The highest BCUT2D eigenvalue weighted by atomic mass is 35.5. The zero-order valence-corrected chi connectivity index (χ0v) is 19.5. The Balaban J connectivity index is 1.45. The van der Waals surface area contributed by atoms with Gasteiger partial charge >= 0.3 is 0 Å². The van der Waals surface area contributed by atoms with Crippen molar-refractivity contribution < 1.29 is 9.53 Å². The molecular formula is C26H23Cl2N3O2. The van der Waals surface area contributed by atoms with Gasteiger partial charge in [-0.2, -0.15) is 0 Å². The van der Waals surface area contributed by atoms with E-state index in [0.717, 1.165) is 22.4 Å². The fourth-order valence-corrected chi connectivity index (χ4v) is 4.46. The van der Waals surface area contributed by atoms with E-state index in [1.165, 1.54) is 5.56 Å². The fourth-order valence-electron chi connectivity index (χ4n) is 4.14. The molecule has 1 aliphatic rings. The van der Waals surface area contributed by atoms with Gasteiger partial charge in [0.05, 0.1) is 34.3 Å². The minimum absolute atomic E-state index is 0.0455. The highest BCUT2D eigenvalue weighted by molar-refractivity contribution is 6.42. The van der Waals surface area contributed by atoms with Crippen molar-refractivity contribution in [2.24, 2.45) is 0 Å². The number of aromatic nitrogens is 2. The van der Waals surface area contributed by atoms with Gasteiger partial charge in [-0.15, -0.1) is 0 Å². The molecule has 1 saturated heterocycles. The number of fused-ring (bicyclic) bond motifs is 1. The van der Waals surface area contributed by atoms with E-state index in [-0.39, 0.29) is 5.91 Å². The number of hydrogen-bond acceptors (Lipinski definition) is 3. The number of hydrogen-bond donors (Lipinski definition) is 0. The van der Waals surface area contributed by atoms with E-state index in [1.54, 1.807) is 0 Å². The lowest BCUT2D eigenvalue weighted by Crippen LogP contribution is -2.40. The largest absolute Gasteiger partial charge is 0.378 e. The quantitative estimate of drug-likeness (QED) is 0.382. The first-order valence-electron chi connectivity index (χ1n) is 10.9. The second-order valence-corrected chi connectivity index (χ2v) is 8.95. The van der Waals surface area contributed by atoms with Crippen molar-refractivity contribution in [1.29, 1.82) is 0 Å². The monoisotopic (exact) mass is 479 g/mol. The minimum Gasteiger partial charge on any atom is -0.378 e. The lowest BCUT2D eigenvalue weighted by molar-refractivity contribution is 0.0303. The van der Waals surface area contributed by atoms with E-state index in [0.29, 0.717) is 54.9 Å². The molecule has 0 unspecified atom stereocenters. The Bertz CT molecular complexity index is 1280.